The van der Waals surface area contributed by atoms with Crippen molar-refractivity contribution in [1.29, 1.82) is 0 Å². The van der Waals surface area contributed by atoms with E-state index in [-0.39, 0.29) is 0 Å². The van der Waals surface area contributed by atoms with Crippen LogP contribution in [0.3, 0.4) is 0 Å². The fourth-order valence-corrected chi connectivity index (χ4v) is 2.56. The molecule has 0 aliphatic heterocycles. The summed E-state index contributed by atoms with van der Waals surface area (Å²) in [6, 6.07) is 6.10. The Hall–Kier alpha value is -1.95. The van der Waals surface area contributed by atoms with Crippen molar-refractivity contribution in [3.8, 4) is 17.3 Å². The lowest BCUT2D eigenvalue weighted by atomic mass is 10.3. The highest BCUT2D eigenvalue weighted by molar-refractivity contribution is 7.98. The Balaban J connectivity index is 2.12. The van der Waals surface area contributed by atoms with Crippen LogP contribution >= 0.6 is 11.8 Å². The summed E-state index contributed by atoms with van der Waals surface area (Å²) in [5, 5.41) is 6.94. The molecule has 0 unspecified atom stereocenters. The number of aromatic amines is 2. The molecule has 98 valence electrons. The molecule has 1 aromatic carbocycles. The molecule has 0 saturated heterocycles. The van der Waals surface area contributed by atoms with E-state index in [2.05, 4.69) is 26.2 Å². The van der Waals surface area contributed by atoms with E-state index >= 15 is 0 Å². The number of aromatic nitrogens is 4. The first kappa shape index (κ1) is 12.1. The molecule has 2 heterocycles. The average molecular weight is 274 g/mol. The number of H-pyrrole nitrogens is 2. The first-order chi connectivity index (χ1) is 9.33. The highest BCUT2D eigenvalue weighted by atomic mass is 32.2. The molecule has 3 rings (SSSR count). The van der Waals surface area contributed by atoms with Gasteiger partial charge in [-0.05, 0) is 25.3 Å². The molecule has 0 atom stereocenters. The zero-order valence-corrected chi connectivity index (χ0v) is 11.5. The van der Waals surface area contributed by atoms with Gasteiger partial charge in [-0.25, -0.2) is 4.98 Å². The lowest BCUT2D eigenvalue weighted by molar-refractivity contribution is 0.341. The van der Waals surface area contributed by atoms with E-state index in [1.165, 1.54) is 0 Å². The van der Waals surface area contributed by atoms with E-state index in [0.29, 0.717) is 12.4 Å². The molecule has 0 aliphatic carbocycles. The zero-order chi connectivity index (χ0) is 13.2. The van der Waals surface area contributed by atoms with E-state index in [9.17, 15) is 0 Å². The molecular formula is C13H14N4OS. The maximum atomic E-state index is 5.53. The van der Waals surface area contributed by atoms with E-state index < -0.39 is 0 Å². The summed E-state index contributed by atoms with van der Waals surface area (Å²) < 4.78 is 5.53. The summed E-state index contributed by atoms with van der Waals surface area (Å²) in [6.07, 6.45) is 3.71. The molecule has 0 spiro atoms. The standard InChI is InChI=1S/C13H14N4OS/c1-3-18-9-7-14-17-12(9)13-15-8-5-4-6-10(19-2)11(8)16-13/h4-7H,3H2,1-2H3,(H,14,17)(H,15,16). The van der Waals surface area contributed by atoms with Gasteiger partial charge in [0.25, 0.3) is 0 Å². The van der Waals surface area contributed by atoms with Crippen LogP contribution in [-0.4, -0.2) is 33.0 Å². The van der Waals surface area contributed by atoms with Gasteiger partial charge in [0.2, 0.25) is 0 Å². The molecule has 0 aliphatic rings. The normalized spacial score (nSPS) is 11.1. The van der Waals surface area contributed by atoms with Crippen molar-refractivity contribution in [1.82, 2.24) is 20.2 Å². The van der Waals surface area contributed by atoms with Crippen LogP contribution in [0, 0.1) is 0 Å². The van der Waals surface area contributed by atoms with Crippen molar-refractivity contribution in [2.24, 2.45) is 0 Å². The number of hydrogen-bond donors (Lipinski definition) is 2. The van der Waals surface area contributed by atoms with Gasteiger partial charge < -0.3 is 9.72 Å². The molecule has 3 aromatic rings. The molecule has 6 heteroatoms. The predicted octanol–water partition coefficient (Wildman–Crippen LogP) is 3.07. The number of benzene rings is 1. The summed E-state index contributed by atoms with van der Waals surface area (Å²) in [5.74, 6) is 1.46. The van der Waals surface area contributed by atoms with Crippen molar-refractivity contribution >= 4 is 22.8 Å². The second-order valence-electron chi connectivity index (χ2n) is 3.98. The molecule has 0 amide bonds. The highest BCUT2D eigenvalue weighted by Crippen LogP contribution is 2.30. The van der Waals surface area contributed by atoms with Crippen LogP contribution < -0.4 is 4.74 Å². The number of para-hydroxylation sites is 1. The molecule has 0 radical (unpaired) electrons. The number of nitrogens with zero attached hydrogens (tertiary/aromatic N) is 2. The fourth-order valence-electron chi connectivity index (χ4n) is 2.00. The third-order valence-electron chi connectivity index (χ3n) is 2.84. The minimum Gasteiger partial charge on any atom is -0.490 e. The topological polar surface area (TPSA) is 66.6 Å². The lowest BCUT2D eigenvalue weighted by Gasteiger charge is -2.00. The van der Waals surface area contributed by atoms with E-state index in [4.69, 9.17) is 4.74 Å². The Bertz CT molecular complexity index is 704. The minimum absolute atomic E-state index is 0.600. The van der Waals surface area contributed by atoms with Crippen molar-refractivity contribution in [2.45, 2.75) is 11.8 Å². The average Bonchev–Trinajstić information content (AvgIpc) is 3.03. The Labute approximate surface area is 114 Å². The second-order valence-corrected chi connectivity index (χ2v) is 4.83. The number of imidazole rings is 1. The van der Waals surface area contributed by atoms with Crippen LogP contribution in [0.5, 0.6) is 5.75 Å². The number of nitrogens with one attached hydrogen (secondary N) is 2. The molecule has 0 saturated carbocycles. The minimum atomic E-state index is 0.600. The number of rotatable bonds is 4. The van der Waals surface area contributed by atoms with Crippen LogP contribution in [0.15, 0.2) is 29.3 Å². The number of thioether (sulfide) groups is 1. The molecule has 0 fully saturated rings. The molecule has 19 heavy (non-hydrogen) atoms. The van der Waals surface area contributed by atoms with Gasteiger partial charge in [-0.2, -0.15) is 5.10 Å². The van der Waals surface area contributed by atoms with Gasteiger partial charge in [-0.1, -0.05) is 6.07 Å². The van der Waals surface area contributed by atoms with Crippen molar-refractivity contribution < 1.29 is 4.74 Å². The van der Waals surface area contributed by atoms with Crippen molar-refractivity contribution in [3.63, 3.8) is 0 Å². The lowest BCUT2D eigenvalue weighted by Crippen LogP contribution is -1.92. The third-order valence-corrected chi connectivity index (χ3v) is 3.61. The van der Waals surface area contributed by atoms with Gasteiger partial charge in [-0.15, -0.1) is 11.8 Å². The number of ether oxygens (including phenoxy) is 1. The van der Waals surface area contributed by atoms with Gasteiger partial charge in [0.15, 0.2) is 11.6 Å². The van der Waals surface area contributed by atoms with E-state index in [1.54, 1.807) is 18.0 Å². The predicted molar refractivity (Wildman–Crippen MR) is 76.6 cm³/mol. The molecule has 2 aromatic heterocycles. The van der Waals surface area contributed by atoms with Crippen LogP contribution in [0.25, 0.3) is 22.6 Å². The Kier molecular flexibility index (Phi) is 3.16. The summed E-state index contributed by atoms with van der Waals surface area (Å²) in [4.78, 5) is 9.09. The van der Waals surface area contributed by atoms with Gasteiger partial charge in [0.1, 0.15) is 11.2 Å². The Morgan fingerprint density at radius 1 is 1.37 bits per heavy atom. The first-order valence-electron chi connectivity index (χ1n) is 6.02. The summed E-state index contributed by atoms with van der Waals surface area (Å²) >= 11 is 1.68. The van der Waals surface area contributed by atoms with Crippen LogP contribution in [-0.2, 0) is 0 Å². The van der Waals surface area contributed by atoms with Gasteiger partial charge in [0, 0.05) is 4.90 Å². The van der Waals surface area contributed by atoms with Crippen molar-refractivity contribution in [2.75, 3.05) is 12.9 Å². The summed E-state index contributed by atoms with van der Waals surface area (Å²) in [6.45, 7) is 2.55. The van der Waals surface area contributed by atoms with E-state index in [0.717, 1.165) is 27.4 Å². The smallest absolute Gasteiger partial charge is 0.168 e. The SMILES string of the molecule is CCOc1cn[nH]c1-c1nc2c(SC)cccc2[nH]1. The highest BCUT2D eigenvalue weighted by Gasteiger charge is 2.14. The summed E-state index contributed by atoms with van der Waals surface area (Å²) in [7, 11) is 0. The number of fused-ring (bicyclic) bond motifs is 1. The second kappa shape index (κ2) is 4.97. The van der Waals surface area contributed by atoms with Gasteiger partial charge >= 0.3 is 0 Å². The Morgan fingerprint density at radius 2 is 2.26 bits per heavy atom. The largest absolute Gasteiger partial charge is 0.490 e. The van der Waals surface area contributed by atoms with Crippen molar-refractivity contribution in [3.05, 3.63) is 24.4 Å². The molecule has 5 nitrogen and oxygen atoms in total. The van der Waals surface area contributed by atoms with Crippen LogP contribution in [0.4, 0.5) is 0 Å². The first-order valence-corrected chi connectivity index (χ1v) is 7.25. The maximum Gasteiger partial charge on any atom is 0.168 e. The monoisotopic (exact) mass is 274 g/mol. The molecule has 2 N–H and O–H groups in total. The summed E-state index contributed by atoms with van der Waals surface area (Å²) in [5.41, 5.74) is 2.77. The number of hydrogen-bond acceptors (Lipinski definition) is 4. The molecule has 0 bridgehead atoms. The van der Waals surface area contributed by atoms with Crippen LogP contribution in [0.2, 0.25) is 0 Å². The third kappa shape index (κ3) is 2.08. The van der Waals surface area contributed by atoms with Gasteiger partial charge in [-0.3, -0.25) is 5.10 Å². The van der Waals surface area contributed by atoms with E-state index in [1.807, 2.05) is 25.3 Å². The fraction of sp³-hybridized carbons (Fsp3) is 0.231. The quantitative estimate of drug-likeness (QED) is 0.717. The molecular weight excluding hydrogens is 260 g/mol. The Morgan fingerprint density at radius 3 is 3.05 bits per heavy atom. The zero-order valence-electron chi connectivity index (χ0n) is 10.7. The van der Waals surface area contributed by atoms with Crippen LogP contribution in [0.1, 0.15) is 6.92 Å². The van der Waals surface area contributed by atoms with Gasteiger partial charge in [0.05, 0.1) is 18.3 Å². The maximum absolute atomic E-state index is 5.53.